The number of aliphatic hydroxyl groups excluding tert-OH is 1. The van der Waals surface area contributed by atoms with Gasteiger partial charge in [-0.25, -0.2) is 4.98 Å². The summed E-state index contributed by atoms with van der Waals surface area (Å²) in [5.41, 5.74) is 2.19. The zero-order chi connectivity index (χ0) is 14.2. The van der Waals surface area contributed by atoms with Crippen LogP contribution in [0.5, 0.6) is 0 Å². The molecule has 0 amide bonds. The minimum absolute atomic E-state index is 0.125. The van der Waals surface area contributed by atoms with Crippen molar-refractivity contribution in [3.05, 3.63) is 24.3 Å². The molecule has 0 spiro atoms. The number of unbranched alkanes of at least 4 members (excludes halogenated alkanes) is 4. The number of hydrogen-bond donors (Lipinski definition) is 2. The van der Waals surface area contributed by atoms with Crippen LogP contribution < -0.4 is 5.32 Å². The van der Waals surface area contributed by atoms with Crippen molar-refractivity contribution in [1.82, 2.24) is 9.55 Å². The van der Waals surface area contributed by atoms with Gasteiger partial charge >= 0.3 is 0 Å². The molecular weight excluding hydrogens is 250 g/mol. The third-order valence-corrected chi connectivity index (χ3v) is 3.53. The van der Waals surface area contributed by atoms with E-state index in [1.807, 2.05) is 18.2 Å². The van der Waals surface area contributed by atoms with Crippen LogP contribution in [0.25, 0.3) is 11.0 Å². The van der Waals surface area contributed by atoms with Gasteiger partial charge in [-0.05, 0) is 18.6 Å². The molecule has 0 atom stereocenters. The number of nitrogens with one attached hydrogen (secondary N) is 1. The molecule has 2 aromatic rings. The van der Waals surface area contributed by atoms with E-state index in [1.54, 1.807) is 0 Å². The molecule has 110 valence electrons. The van der Waals surface area contributed by atoms with Crippen molar-refractivity contribution in [2.75, 3.05) is 18.5 Å². The van der Waals surface area contributed by atoms with Gasteiger partial charge < -0.3 is 15.0 Å². The van der Waals surface area contributed by atoms with Crippen molar-refractivity contribution in [3.8, 4) is 0 Å². The molecule has 0 saturated heterocycles. The summed E-state index contributed by atoms with van der Waals surface area (Å²) in [6, 6.07) is 8.20. The molecule has 2 N–H and O–H groups in total. The maximum Gasteiger partial charge on any atom is 0.203 e. The van der Waals surface area contributed by atoms with Crippen molar-refractivity contribution < 1.29 is 5.11 Å². The maximum atomic E-state index is 8.97. The minimum Gasteiger partial charge on any atom is -0.395 e. The van der Waals surface area contributed by atoms with Gasteiger partial charge in [0.05, 0.1) is 17.6 Å². The normalized spacial score (nSPS) is 11.1. The molecule has 4 nitrogen and oxygen atoms in total. The minimum atomic E-state index is 0.125. The number of rotatable bonds is 9. The second kappa shape index (κ2) is 7.90. The van der Waals surface area contributed by atoms with Crippen LogP contribution in [0, 0.1) is 0 Å². The molecule has 0 radical (unpaired) electrons. The van der Waals surface area contributed by atoms with Crippen molar-refractivity contribution in [1.29, 1.82) is 0 Å². The SMILES string of the molecule is CCCCCCCn1c(NCCO)nc2ccccc21. The topological polar surface area (TPSA) is 50.1 Å². The predicted molar refractivity (Wildman–Crippen MR) is 84.1 cm³/mol. The molecule has 1 aromatic carbocycles. The molecular formula is C16H25N3O. The number of para-hydroxylation sites is 2. The molecule has 0 aliphatic carbocycles. The fourth-order valence-electron chi connectivity index (χ4n) is 2.48. The maximum absolute atomic E-state index is 8.97. The van der Waals surface area contributed by atoms with E-state index in [1.165, 1.54) is 37.6 Å². The monoisotopic (exact) mass is 275 g/mol. The Balaban J connectivity index is 2.07. The van der Waals surface area contributed by atoms with Gasteiger partial charge in [-0.15, -0.1) is 0 Å². The average Bonchev–Trinajstić information content (AvgIpc) is 2.83. The van der Waals surface area contributed by atoms with Gasteiger partial charge in [-0.3, -0.25) is 0 Å². The summed E-state index contributed by atoms with van der Waals surface area (Å²) in [4.78, 5) is 4.61. The number of hydrogen-bond acceptors (Lipinski definition) is 3. The summed E-state index contributed by atoms with van der Waals surface area (Å²) >= 11 is 0. The van der Waals surface area contributed by atoms with Gasteiger partial charge in [0.2, 0.25) is 5.95 Å². The number of aromatic nitrogens is 2. The first-order valence-electron chi connectivity index (χ1n) is 7.66. The molecule has 0 unspecified atom stereocenters. The molecule has 20 heavy (non-hydrogen) atoms. The highest BCUT2D eigenvalue weighted by Gasteiger charge is 2.09. The van der Waals surface area contributed by atoms with Gasteiger partial charge in [0.25, 0.3) is 0 Å². The first-order valence-corrected chi connectivity index (χ1v) is 7.66. The second-order valence-corrected chi connectivity index (χ2v) is 5.14. The third kappa shape index (κ3) is 3.73. The molecule has 0 saturated carbocycles. The van der Waals surface area contributed by atoms with Gasteiger partial charge in [0.1, 0.15) is 0 Å². The van der Waals surface area contributed by atoms with Crippen molar-refractivity contribution in [3.63, 3.8) is 0 Å². The molecule has 2 rings (SSSR count). The van der Waals surface area contributed by atoms with E-state index in [0.29, 0.717) is 6.54 Å². The Morgan fingerprint density at radius 1 is 1.15 bits per heavy atom. The van der Waals surface area contributed by atoms with Crippen LogP contribution in [0.2, 0.25) is 0 Å². The Bertz CT molecular complexity index is 521. The second-order valence-electron chi connectivity index (χ2n) is 5.14. The van der Waals surface area contributed by atoms with E-state index in [-0.39, 0.29) is 6.61 Å². The van der Waals surface area contributed by atoms with Crippen molar-refractivity contribution in [2.24, 2.45) is 0 Å². The third-order valence-electron chi connectivity index (χ3n) is 3.53. The molecule has 0 aliphatic rings. The van der Waals surface area contributed by atoms with Crippen LogP contribution in [-0.2, 0) is 6.54 Å². The van der Waals surface area contributed by atoms with E-state index in [9.17, 15) is 0 Å². The van der Waals surface area contributed by atoms with Crippen LogP contribution in [0.1, 0.15) is 39.0 Å². The Kier molecular flexibility index (Phi) is 5.87. The van der Waals surface area contributed by atoms with E-state index in [2.05, 4.69) is 27.9 Å². The summed E-state index contributed by atoms with van der Waals surface area (Å²) in [5, 5.41) is 12.2. The molecule has 0 bridgehead atoms. The summed E-state index contributed by atoms with van der Waals surface area (Å²) in [5.74, 6) is 0.871. The van der Waals surface area contributed by atoms with E-state index >= 15 is 0 Å². The fraction of sp³-hybridized carbons (Fsp3) is 0.562. The summed E-state index contributed by atoms with van der Waals surface area (Å²) in [7, 11) is 0. The number of benzene rings is 1. The van der Waals surface area contributed by atoms with Gasteiger partial charge in [0, 0.05) is 13.1 Å². The largest absolute Gasteiger partial charge is 0.395 e. The highest BCUT2D eigenvalue weighted by molar-refractivity contribution is 5.78. The number of fused-ring (bicyclic) bond motifs is 1. The number of imidazole rings is 1. The summed E-state index contributed by atoms with van der Waals surface area (Å²) in [6.45, 7) is 3.89. The summed E-state index contributed by atoms with van der Waals surface area (Å²) in [6.07, 6.45) is 6.34. The van der Waals surface area contributed by atoms with Crippen molar-refractivity contribution >= 4 is 17.0 Å². The molecule has 0 aliphatic heterocycles. The average molecular weight is 275 g/mol. The standard InChI is InChI=1S/C16H25N3O/c1-2-3-4-5-8-12-19-15-10-7-6-9-14(15)18-16(19)17-11-13-20/h6-7,9-10,20H,2-5,8,11-13H2,1H3,(H,17,18). The molecule has 4 heteroatoms. The van der Waals surface area contributed by atoms with E-state index in [4.69, 9.17) is 5.11 Å². The smallest absolute Gasteiger partial charge is 0.203 e. The van der Waals surface area contributed by atoms with E-state index < -0.39 is 0 Å². The number of aliphatic hydroxyl groups is 1. The van der Waals surface area contributed by atoms with E-state index in [0.717, 1.165) is 18.0 Å². The van der Waals surface area contributed by atoms with Gasteiger partial charge in [-0.2, -0.15) is 0 Å². The number of nitrogens with zero attached hydrogens (tertiary/aromatic N) is 2. The highest BCUT2D eigenvalue weighted by atomic mass is 16.3. The molecule has 1 aromatic heterocycles. The van der Waals surface area contributed by atoms with Crippen LogP contribution >= 0.6 is 0 Å². The quantitative estimate of drug-likeness (QED) is 0.689. The first kappa shape index (κ1) is 14.9. The zero-order valence-corrected chi connectivity index (χ0v) is 12.3. The Hall–Kier alpha value is -1.55. The lowest BCUT2D eigenvalue weighted by molar-refractivity contribution is 0.310. The Labute approximate surface area is 120 Å². The van der Waals surface area contributed by atoms with Gasteiger partial charge in [-0.1, -0.05) is 44.7 Å². The van der Waals surface area contributed by atoms with Crippen LogP contribution in [-0.4, -0.2) is 27.8 Å². The number of anilines is 1. The predicted octanol–water partition coefficient (Wildman–Crippen LogP) is 3.41. The molecule has 0 fully saturated rings. The Morgan fingerprint density at radius 3 is 2.75 bits per heavy atom. The van der Waals surface area contributed by atoms with Crippen LogP contribution in [0.4, 0.5) is 5.95 Å². The lowest BCUT2D eigenvalue weighted by Gasteiger charge is -2.10. The highest BCUT2D eigenvalue weighted by Crippen LogP contribution is 2.20. The molecule has 1 heterocycles. The fourth-order valence-corrected chi connectivity index (χ4v) is 2.48. The Morgan fingerprint density at radius 2 is 1.95 bits per heavy atom. The lowest BCUT2D eigenvalue weighted by Crippen LogP contribution is -2.11. The first-order chi connectivity index (χ1) is 9.86. The zero-order valence-electron chi connectivity index (χ0n) is 12.3. The van der Waals surface area contributed by atoms with Crippen LogP contribution in [0.15, 0.2) is 24.3 Å². The van der Waals surface area contributed by atoms with Crippen molar-refractivity contribution in [2.45, 2.75) is 45.6 Å². The lowest BCUT2D eigenvalue weighted by atomic mass is 10.1. The number of aryl methyl sites for hydroxylation is 1. The van der Waals surface area contributed by atoms with Crippen LogP contribution in [0.3, 0.4) is 0 Å². The van der Waals surface area contributed by atoms with Gasteiger partial charge in [0.15, 0.2) is 0 Å². The summed E-state index contributed by atoms with van der Waals surface area (Å²) < 4.78 is 2.23.